The van der Waals surface area contributed by atoms with Crippen molar-refractivity contribution in [2.75, 3.05) is 0 Å². The Bertz CT molecular complexity index is 499. The van der Waals surface area contributed by atoms with Gasteiger partial charge < -0.3 is 0 Å². The molecule has 2 aliphatic carbocycles. The Morgan fingerprint density at radius 2 is 0.905 bits per heavy atom. The van der Waals surface area contributed by atoms with Crippen molar-refractivity contribution >= 4 is 35.2 Å². The molecular formula is C15H12O6. The molecule has 0 saturated carbocycles. The molecule has 0 atom stereocenters. The molecular weight excluding hydrogens is 276 g/mol. The molecule has 0 amide bonds. The van der Waals surface area contributed by atoms with Crippen LogP contribution in [-0.4, -0.2) is 35.2 Å². The summed E-state index contributed by atoms with van der Waals surface area (Å²) >= 11 is 0. The normalized spacial score (nSPS) is 14.9. The summed E-state index contributed by atoms with van der Waals surface area (Å²) in [6.45, 7) is 1.22. The van der Waals surface area contributed by atoms with E-state index in [4.69, 9.17) is 4.79 Å². The van der Waals surface area contributed by atoms with Crippen LogP contribution < -0.4 is 0 Å². The molecule has 0 heterocycles. The van der Waals surface area contributed by atoms with Gasteiger partial charge in [0.2, 0.25) is 23.1 Å². The highest BCUT2D eigenvalue weighted by molar-refractivity contribution is 6.46. The van der Waals surface area contributed by atoms with Gasteiger partial charge in [-0.2, -0.15) is 0 Å². The van der Waals surface area contributed by atoms with E-state index < -0.39 is 28.9 Å². The molecule has 0 fully saturated rings. The number of allylic oxidation sites excluding steroid dienone is 8. The van der Waals surface area contributed by atoms with Crippen LogP contribution in [0.5, 0.6) is 0 Å². The van der Waals surface area contributed by atoms with Gasteiger partial charge in [0.1, 0.15) is 0 Å². The maximum atomic E-state index is 10.3. The lowest BCUT2D eigenvalue weighted by Crippen LogP contribution is -2.08. The van der Waals surface area contributed by atoms with Crippen LogP contribution >= 0.6 is 0 Å². The summed E-state index contributed by atoms with van der Waals surface area (Å²) in [4.78, 5) is 59.8. The lowest BCUT2D eigenvalue weighted by molar-refractivity contribution is -0.131. The van der Waals surface area contributed by atoms with E-state index in [2.05, 4.69) is 0 Å². The van der Waals surface area contributed by atoms with Gasteiger partial charge in [0.15, 0.2) is 12.1 Å². The molecule has 108 valence electrons. The van der Waals surface area contributed by atoms with Gasteiger partial charge in [-0.15, -0.1) is 0 Å². The predicted molar refractivity (Wildman–Crippen MR) is 73.3 cm³/mol. The quantitative estimate of drug-likeness (QED) is 0.390. The molecule has 21 heavy (non-hydrogen) atoms. The minimum Gasteiger partial charge on any atom is -0.295 e. The van der Waals surface area contributed by atoms with Crippen molar-refractivity contribution in [3.8, 4) is 0 Å². The molecule has 6 nitrogen and oxygen atoms in total. The Labute approximate surface area is 120 Å². The Balaban J connectivity index is 0.000000296. The standard InChI is InChI=1S/2C6H4O2.C3H4O2/c2*7-5-3-1-2-4-6(5)8;1-3(5)2-4/h2*1-4H;2H,1H3. The third-order valence-electron chi connectivity index (χ3n) is 1.86. The average molecular weight is 288 g/mol. The highest BCUT2D eigenvalue weighted by atomic mass is 16.2. The molecule has 0 bridgehead atoms. The second-order valence-electron chi connectivity index (χ2n) is 3.62. The molecule has 0 N–H and O–H groups in total. The van der Waals surface area contributed by atoms with Crippen LogP contribution in [0.25, 0.3) is 0 Å². The molecule has 2 rings (SSSR count). The summed E-state index contributed by atoms with van der Waals surface area (Å²) in [7, 11) is 0. The van der Waals surface area contributed by atoms with Crippen LogP contribution in [0.1, 0.15) is 6.92 Å². The first-order chi connectivity index (χ1) is 9.88. The molecule has 2 aliphatic rings. The van der Waals surface area contributed by atoms with Gasteiger partial charge in [0.25, 0.3) is 0 Å². The number of Topliss-reactive ketones (excluding diaryl/α,β-unsaturated/α-hetero) is 1. The minimum atomic E-state index is -0.437. The third-order valence-corrected chi connectivity index (χ3v) is 1.86. The summed E-state index contributed by atoms with van der Waals surface area (Å²) in [5, 5.41) is 0. The van der Waals surface area contributed by atoms with Gasteiger partial charge in [0, 0.05) is 6.92 Å². The van der Waals surface area contributed by atoms with E-state index in [-0.39, 0.29) is 6.29 Å². The second-order valence-corrected chi connectivity index (χ2v) is 3.62. The smallest absolute Gasteiger partial charge is 0.225 e. The van der Waals surface area contributed by atoms with Gasteiger partial charge in [-0.25, -0.2) is 0 Å². The number of carbonyl (C=O) groups is 6. The predicted octanol–water partition coefficient (Wildman–Crippen LogP) is 0.275. The van der Waals surface area contributed by atoms with E-state index in [1.807, 2.05) is 0 Å². The average Bonchev–Trinajstić information content (AvgIpc) is 2.47. The Hall–Kier alpha value is -3.02. The zero-order chi connectivity index (χ0) is 16.3. The lowest BCUT2D eigenvalue weighted by atomic mass is 10.1. The molecule has 6 heteroatoms. The first kappa shape index (κ1) is 18.0. The van der Waals surface area contributed by atoms with Crippen LogP contribution in [0.15, 0.2) is 48.6 Å². The molecule has 0 aromatic heterocycles. The van der Waals surface area contributed by atoms with Crippen LogP contribution in [0.4, 0.5) is 0 Å². The maximum absolute atomic E-state index is 10.3. The molecule has 0 aromatic rings. The Morgan fingerprint density at radius 3 is 1.00 bits per heavy atom. The van der Waals surface area contributed by atoms with E-state index in [1.165, 1.54) is 31.2 Å². The monoisotopic (exact) mass is 288 g/mol. The molecule has 0 spiro atoms. The first-order valence-electron chi connectivity index (χ1n) is 5.70. The van der Waals surface area contributed by atoms with Crippen molar-refractivity contribution < 1.29 is 28.8 Å². The SMILES string of the molecule is CC(=O)C=O.O=C1C=CC=CC1=O.O=C1C=CC=CC1=O. The number of ketones is 5. The minimum absolute atomic E-state index is 0.278. The van der Waals surface area contributed by atoms with Crippen molar-refractivity contribution in [1.82, 2.24) is 0 Å². The van der Waals surface area contributed by atoms with Crippen LogP contribution in [0, 0.1) is 0 Å². The zero-order valence-corrected chi connectivity index (χ0v) is 11.1. The van der Waals surface area contributed by atoms with Crippen LogP contribution in [0.3, 0.4) is 0 Å². The first-order valence-corrected chi connectivity index (χ1v) is 5.70. The van der Waals surface area contributed by atoms with Gasteiger partial charge in [0.05, 0.1) is 0 Å². The van der Waals surface area contributed by atoms with Crippen LogP contribution in [-0.2, 0) is 28.8 Å². The van der Waals surface area contributed by atoms with E-state index in [1.54, 1.807) is 24.3 Å². The molecule has 0 aromatic carbocycles. The van der Waals surface area contributed by atoms with Crippen molar-refractivity contribution in [2.24, 2.45) is 0 Å². The fourth-order valence-corrected chi connectivity index (χ4v) is 0.900. The molecule has 0 unspecified atom stereocenters. The van der Waals surface area contributed by atoms with Gasteiger partial charge >= 0.3 is 0 Å². The summed E-state index contributed by atoms with van der Waals surface area (Å²) in [5.74, 6) is -2.18. The maximum Gasteiger partial charge on any atom is 0.225 e. The second kappa shape index (κ2) is 9.85. The van der Waals surface area contributed by atoms with Crippen LogP contribution in [0.2, 0.25) is 0 Å². The van der Waals surface area contributed by atoms with E-state index in [0.717, 1.165) is 0 Å². The third kappa shape index (κ3) is 8.66. The summed E-state index contributed by atoms with van der Waals surface area (Å²) in [5.41, 5.74) is 0. The van der Waals surface area contributed by atoms with E-state index >= 15 is 0 Å². The number of carbonyl (C=O) groups excluding carboxylic acids is 6. The van der Waals surface area contributed by atoms with Crippen molar-refractivity contribution in [1.29, 1.82) is 0 Å². The largest absolute Gasteiger partial charge is 0.295 e. The van der Waals surface area contributed by atoms with Gasteiger partial charge in [-0.3, -0.25) is 28.8 Å². The number of rotatable bonds is 1. The fourth-order valence-electron chi connectivity index (χ4n) is 0.900. The Morgan fingerprint density at radius 1 is 0.714 bits per heavy atom. The topological polar surface area (TPSA) is 102 Å². The number of hydrogen-bond acceptors (Lipinski definition) is 6. The fraction of sp³-hybridized carbons (Fsp3) is 0.0667. The van der Waals surface area contributed by atoms with Gasteiger partial charge in [-0.05, 0) is 24.3 Å². The van der Waals surface area contributed by atoms with Crippen molar-refractivity contribution in [3.63, 3.8) is 0 Å². The summed E-state index contributed by atoms with van der Waals surface area (Å²) < 4.78 is 0. The molecule has 0 saturated heterocycles. The zero-order valence-electron chi connectivity index (χ0n) is 11.1. The van der Waals surface area contributed by atoms with E-state index in [9.17, 15) is 24.0 Å². The van der Waals surface area contributed by atoms with Crippen molar-refractivity contribution in [3.05, 3.63) is 48.6 Å². The number of aldehydes is 1. The molecule has 0 aliphatic heterocycles. The van der Waals surface area contributed by atoms with Gasteiger partial charge in [-0.1, -0.05) is 24.3 Å². The number of hydrogen-bond donors (Lipinski definition) is 0. The molecule has 0 radical (unpaired) electrons. The summed E-state index contributed by atoms with van der Waals surface area (Å²) in [6.07, 6.45) is 11.5. The highest BCUT2D eigenvalue weighted by Gasteiger charge is 2.07. The highest BCUT2D eigenvalue weighted by Crippen LogP contribution is 1.91. The van der Waals surface area contributed by atoms with E-state index in [0.29, 0.717) is 0 Å². The lowest BCUT2D eigenvalue weighted by Gasteiger charge is -1.88. The van der Waals surface area contributed by atoms with Crippen molar-refractivity contribution in [2.45, 2.75) is 6.92 Å². The Kier molecular flexibility index (Phi) is 8.43. The summed E-state index contributed by atoms with van der Waals surface area (Å²) in [6, 6.07) is 0.